The van der Waals surface area contributed by atoms with Crippen molar-refractivity contribution in [3.05, 3.63) is 131 Å². The van der Waals surface area contributed by atoms with E-state index in [9.17, 15) is 26.4 Å². The first-order valence-electron chi connectivity index (χ1n) is 16.5. The van der Waals surface area contributed by atoms with Gasteiger partial charge in [-0.15, -0.1) is 11.6 Å². The summed E-state index contributed by atoms with van der Waals surface area (Å²) in [5, 5.41) is 0. The Kier molecular flexibility index (Phi) is 16.6. The number of carbonyl (C=O) groups excluding carboxylic acids is 2. The lowest BCUT2D eigenvalue weighted by Gasteiger charge is -2.25. The van der Waals surface area contributed by atoms with E-state index < -0.39 is 32.0 Å². The van der Waals surface area contributed by atoms with Gasteiger partial charge in [0.2, 0.25) is 20.0 Å². The van der Waals surface area contributed by atoms with Crippen LogP contribution >= 0.6 is 11.6 Å². The molecule has 0 aliphatic heterocycles. The Balaban J connectivity index is 0.000000281. The average molecular weight is 772 g/mol. The van der Waals surface area contributed by atoms with Crippen LogP contribution in [0, 0.1) is 0 Å². The van der Waals surface area contributed by atoms with Crippen molar-refractivity contribution in [2.45, 2.75) is 25.9 Å². The standard InChI is InChI=1S/C20H26N2O4S.C18H20ClNO4S/c1-21(2)14-7-15-27(24,25)22(19-8-5-4-6-9-19)16-17-10-12-18(13-11-17)20(23)26-3;1-24-18(21)16-10-8-15(9-11-16)14-20(17-6-3-2-4-7-17)25(22,23)13-5-12-19/h4-6,8-13H,7,14-16H2,1-3H3;2-4,6-11H,5,12-14H2,1H3. The van der Waals surface area contributed by atoms with Gasteiger partial charge in [0.05, 0.1) is 61.3 Å². The van der Waals surface area contributed by atoms with Crippen molar-refractivity contribution < 1.29 is 35.9 Å². The van der Waals surface area contributed by atoms with Crippen LogP contribution in [0.25, 0.3) is 0 Å². The first-order chi connectivity index (χ1) is 24.8. The summed E-state index contributed by atoms with van der Waals surface area (Å²) in [5.41, 5.74) is 3.63. The van der Waals surface area contributed by atoms with E-state index in [0.717, 1.165) is 11.1 Å². The van der Waals surface area contributed by atoms with E-state index in [1.807, 2.05) is 43.3 Å². The lowest BCUT2D eigenvalue weighted by atomic mass is 10.1. The lowest BCUT2D eigenvalue weighted by Crippen LogP contribution is -2.33. The number of methoxy groups -OCH3 is 2. The van der Waals surface area contributed by atoms with Crippen LogP contribution in [0.1, 0.15) is 44.7 Å². The minimum atomic E-state index is -3.51. The molecule has 0 bridgehead atoms. The second-order valence-electron chi connectivity index (χ2n) is 11.9. The fraction of sp³-hybridized carbons (Fsp3) is 0.316. The molecular weight excluding hydrogens is 726 g/mol. The molecule has 0 unspecified atom stereocenters. The number of nitrogens with zero attached hydrogens (tertiary/aromatic N) is 3. The number of sulfonamides is 2. The molecule has 0 aromatic heterocycles. The molecule has 0 atom stereocenters. The van der Waals surface area contributed by atoms with E-state index in [1.165, 1.54) is 22.8 Å². The van der Waals surface area contributed by atoms with Crippen LogP contribution < -0.4 is 8.61 Å². The van der Waals surface area contributed by atoms with Gasteiger partial charge in [0.1, 0.15) is 0 Å². The molecule has 4 aromatic carbocycles. The first-order valence-corrected chi connectivity index (χ1v) is 20.2. The highest BCUT2D eigenvalue weighted by atomic mass is 35.5. The zero-order valence-corrected chi connectivity index (χ0v) is 32.2. The predicted octanol–water partition coefficient (Wildman–Crippen LogP) is 6.20. The summed E-state index contributed by atoms with van der Waals surface area (Å²) < 4.78 is 63.5. The normalized spacial score (nSPS) is 11.3. The molecule has 0 aliphatic rings. The average Bonchev–Trinajstić information content (AvgIpc) is 3.15. The van der Waals surface area contributed by atoms with E-state index in [2.05, 4.69) is 4.74 Å². The van der Waals surface area contributed by atoms with Gasteiger partial charge < -0.3 is 14.4 Å². The highest BCUT2D eigenvalue weighted by molar-refractivity contribution is 7.93. The Morgan fingerprint density at radius 1 is 0.577 bits per heavy atom. The number of ether oxygens (including phenoxy) is 2. The molecule has 0 spiro atoms. The number of rotatable bonds is 17. The molecule has 0 saturated heterocycles. The highest BCUT2D eigenvalue weighted by Crippen LogP contribution is 2.23. The molecule has 0 aliphatic carbocycles. The summed E-state index contributed by atoms with van der Waals surface area (Å²) in [6, 6.07) is 31.4. The number of halogens is 1. The molecule has 280 valence electrons. The van der Waals surface area contributed by atoms with Crippen molar-refractivity contribution in [3.8, 4) is 0 Å². The number of benzene rings is 4. The third-order valence-corrected chi connectivity index (χ3v) is 11.6. The molecule has 0 N–H and O–H groups in total. The van der Waals surface area contributed by atoms with Crippen molar-refractivity contribution in [1.82, 2.24) is 4.90 Å². The monoisotopic (exact) mass is 771 g/mol. The van der Waals surface area contributed by atoms with Gasteiger partial charge in [0.25, 0.3) is 0 Å². The molecule has 4 rings (SSSR count). The zero-order valence-electron chi connectivity index (χ0n) is 29.9. The maximum atomic E-state index is 13.0. The first kappa shape index (κ1) is 42.0. The van der Waals surface area contributed by atoms with Gasteiger partial charge in [-0.3, -0.25) is 8.61 Å². The third kappa shape index (κ3) is 13.0. The van der Waals surface area contributed by atoms with Gasteiger partial charge in [-0.05, 0) is 93.1 Å². The lowest BCUT2D eigenvalue weighted by molar-refractivity contribution is 0.0592. The Hall–Kier alpha value is -4.43. The molecule has 0 heterocycles. The third-order valence-electron chi connectivity index (χ3n) is 7.71. The molecule has 14 heteroatoms. The predicted molar refractivity (Wildman–Crippen MR) is 207 cm³/mol. The van der Waals surface area contributed by atoms with Crippen LogP contribution in [-0.2, 0) is 42.6 Å². The van der Waals surface area contributed by atoms with Crippen LogP contribution in [0.2, 0.25) is 0 Å². The van der Waals surface area contributed by atoms with Crippen molar-refractivity contribution in [2.75, 3.05) is 60.9 Å². The molecule has 4 aromatic rings. The van der Waals surface area contributed by atoms with Gasteiger partial charge in [-0.25, -0.2) is 26.4 Å². The Morgan fingerprint density at radius 2 is 0.942 bits per heavy atom. The summed E-state index contributed by atoms with van der Waals surface area (Å²) >= 11 is 5.65. The van der Waals surface area contributed by atoms with Gasteiger partial charge in [0.15, 0.2) is 0 Å². The number of para-hydroxylation sites is 2. The van der Waals surface area contributed by atoms with Gasteiger partial charge >= 0.3 is 11.9 Å². The minimum absolute atomic E-state index is 0.0222. The SMILES string of the molecule is COC(=O)c1ccc(CN(c2ccccc2)S(=O)(=O)CCCCl)cc1.COC(=O)c1ccc(CN(c2ccccc2)S(=O)(=O)CCCN(C)C)cc1. The van der Waals surface area contributed by atoms with E-state index in [-0.39, 0.29) is 30.5 Å². The molecule has 0 amide bonds. The quantitative estimate of drug-likeness (QED) is 0.0910. The summed E-state index contributed by atoms with van der Waals surface area (Å²) in [7, 11) is -0.509. The second kappa shape index (κ2) is 20.6. The van der Waals surface area contributed by atoms with Crippen molar-refractivity contribution in [2.24, 2.45) is 0 Å². The van der Waals surface area contributed by atoms with Crippen LogP contribution in [0.3, 0.4) is 0 Å². The fourth-order valence-corrected chi connectivity index (χ4v) is 8.28. The Bertz CT molecular complexity index is 1910. The van der Waals surface area contributed by atoms with Gasteiger partial charge in [0, 0.05) is 5.88 Å². The number of esters is 2. The van der Waals surface area contributed by atoms with E-state index in [0.29, 0.717) is 41.9 Å². The zero-order chi connectivity index (χ0) is 38.1. The van der Waals surface area contributed by atoms with Crippen LogP contribution in [0.15, 0.2) is 109 Å². The minimum Gasteiger partial charge on any atom is -0.465 e. The number of alkyl halides is 1. The second-order valence-corrected chi connectivity index (χ2v) is 16.3. The number of hydrogen-bond acceptors (Lipinski definition) is 9. The molecule has 11 nitrogen and oxygen atoms in total. The van der Waals surface area contributed by atoms with Gasteiger partial charge in [-0.1, -0.05) is 60.7 Å². The molecule has 52 heavy (non-hydrogen) atoms. The van der Waals surface area contributed by atoms with Crippen molar-refractivity contribution >= 4 is 55.0 Å². The maximum absolute atomic E-state index is 13.0. The van der Waals surface area contributed by atoms with Crippen molar-refractivity contribution in [3.63, 3.8) is 0 Å². The Labute approximate surface area is 312 Å². The molecule has 0 radical (unpaired) electrons. The molecular formula is C38H46ClN3O8S2. The topological polar surface area (TPSA) is 131 Å². The largest absolute Gasteiger partial charge is 0.465 e. The van der Waals surface area contributed by atoms with Crippen LogP contribution in [0.4, 0.5) is 11.4 Å². The summed E-state index contributed by atoms with van der Waals surface area (Å²) in [6.45, 7) is 1.08. The Morgan fingerprint density at radius 3 is 1.27 bits per heavy atom. The van der Waals surface area contributed by atoms with Crippen LogP contribution in [0.5, 0.6) is 0 Å². The van der Waals surface area contributed by atoms with E-state index >= 15 is 0 Å². The van der Waals surface area contributed by atoms with E-state index in [1.54, 1.807) is 84.9 Å². The number of anilines is 2. The summed E-state index contributed by atoms with van der Waals surface area (Å²) in [5.74, 6) is -0.513. The molecule has 0 fully saturated rings. The highest BCUT2D eigenvalue weighted by Gasteiger charge is 2.24. The summed E-state index contributed by atoms with van der Waals surface area (Å²) in [4.78, 5) is 25.0. The van der Waals surface area contributed by atoms with Crippen molar-refractivity contribution in [1.29, 1.82) is 0 Å². The summed E-state index contributed by atoms with van der Waals surface area (Å²) in [6.07, 6.45) is 0.939. The van der Waals surface area contributed by atoms with Gasteiger partial charge in [-0.2, -0.15) is 0 Å². The maximum Gasteiger partial charge on any atom is 0.337 e. The molecule has 0 saturated carbocycles. The van der Waals surface area contributed by atoms with E-state index in [4.69, 9.17) is 16.3 Å². The smallest absolute Gasteiger partial charge is 0.337 e. The number of hydrogen-bond donors (Lipinski definition) is 0. The van der Waals surface area contributed by atoms with Crippen LogP contribution in [-0.4, -0.2) is 85.9 Å². The number of carbonyl (C=O) groups is 2. The fourth-order valence-electron chi connectivity index (χ4n) is 4.97.